The fourth-order valence-electron chi connectivity index (χ4n) is 2.18. The minimum absolute atomic E-state index is 0.376. The molecule has 1 aromatic rings. The highest BCUT2D eigenvalue weighted by Gasteiger charge is 2.29. The normalized spacial score (nSPS) is 17.8. The van der Waals surface area contributed by atoms with E-state index in [1.165, 1.54) is 0 Å². The monoisotopic (exact) mass is 336 g/mol. The maximum Gasteiger partial charge on any atom is 0.216 e. The molecule has 1 heterocycles. The maximum absolute atomic E-state index is 12.1. The summed E-state index contributed by atoms with van der Waals surface area (Å²) in [5.74, 6) is 0. The van der Waals surface area contributed by atoms with Crippen molar-refractivity contribution in [1.29, 1.82) is 0 Å². The lowest BCUT2D eigenvalue weighted by Crippen LogP contribution is -2.50. The second kappa shape index (κ2) is 6.10. The van der Waals surface area contributed by atoms with Crippen LogP contribution >= 0.6 is 23.2 Å². The molecule has 0 amide bonds. The second-order valence-electron chi connectivity index (χ2n) is 5.08. The van der Waals surface area contributed by atoms with Crippen LogP contribution in [0.3, 0.4) is 0 Å². The van der Waals surface area contributed by atoms with E-state index < -0.39 is 10.0 Å². The van der Waals surface area contributed by atoms with E-state index in [0.29, 0.717) is 36.2 Å². The largest absolute Gasteiger partial charge is 0.369 e. The summed E-state index contributed by atoms with van der Waals surface area (Å²) in [6.07, 6.45) is 0. The summed E-state index contributed by atoms with van der Waals surface area (Å²) in [6, 6.07) is 5.48. The number of benzene rings is 1. The molecule has 1 aliphatic heterocycles. The molecule has 0 atom stereocenters. The van der Waals surface area contributed by atoms with Gasteiger partial charge >= 0.3 is 0 Å². The van der Waals surface area contributed by atoms with Crippen LogP contribution in [0.5, 0.6) is 0 Å². The Morgan fingerprint density at radius 2 is 1.65 bits per heavy atom. The van der Waals surface area contributed by atoms with Gasteiger partial charge in [-0.3, -0.25) is 0 Å². The van der Waals surface area contributed by atoms with Crippen molar-refractivity contribution in [1.82, 2.24) is 4.31 Å². The zero-order valence-corrected chi connectivity index (χ0v) is 13.8. The van der Waals surface area contributed by atoms with Gasteiger partial charge in [-0.05, 0) is 32.0 Å². The van der Waals surface area contributed by atoms with Crippen molar-refractivity contribution in [2.45, 2.75) is 19.1 Å². The predicted octanol–water partition coefficient (Wildman–Crippen LogP) is 2.85. The van der Waals surface area contributed by atoms with Gasteiger partial charge in [-0.1, -0.05) is 23.2 Å². The van der Waals surface area contributed by atoms with E-state index in [2.05, 4.69) is 4.90 Å². The first kappa shape index (κ1) is 15.9. The van der Waals surface area contributed by atoms with Gasteiger partial charge in [0.15, 0.2) is 0 Å². The van der Waals surface area contributed by atoms with Gasteiger partial charge in [0.25, 0.3) is 0 Å². The predicted molar refractivity (Wildman–Crippen MR) is 84.3 cm³/mol. The number of halogens is 2. The number of piperazine rings is 1. The molecule has 1 aliphatic rings. The molecule has 2 rings (SSSR count). The number of hydrogen-bond acceptors (Lipinski definition) is 3. The van der Waals surface area contributed by atoms with Crippen LogP contribution in [0, 0.1) is 0 Å². The summed E-state index contributed by atoms with van der Waals surface area (Å²) in [6.45, 7) is 5.73. The van der Waals surface area contributed by atoms with Gasteiger partial charge in [0.2, 0.25) is 10.0 Å². The van der Waals surface area contributed by atoms with Gasteiger partial charge in [-0.2, -0.15) is 4.31 Å². The van der Waals surface area contributed by atoms with Crippen LogP contribution in [0.4, 0.5) is 5.69 Å². The number of nitrogens with zero attached hydrogens (tertiary/aromatic N) is 2. The van der Waals surface area contributed by atoms with Crippen molar-refractivity contribution in [2.75, 3.05) is 31.1 Å². The summed E-state index contributed by atoms with van der Waals surface area (Å²) in [5, 5.41) is 0.664. The van der Waals surface area contributed by atoms with Gasteiger partial charge in [0, 0.05) is 31.9 Å². The first-order valence-corrected chi connectivity index (χ1v) is 8.77. The Morgan fingerprint density at radius 3 is 2.15 bits per heavy atom. The van der Waals surface area contributed by atoms with E-state index >= 15 is 0 Å². The van der Waals surface area contributed by atoms with E-state index in [4.69, 9.17) is 23.2 Å². The molecule has 0 aliphatic carbocycles. The van der Waals surface area contributed by atoms with Crippen molar-refractivity contribution in [3.8, 4) is 0 Å². The van der Waals surface area contributed by atoms with Crippen LogP contribution in [0.2, 0.25) is 10.0 Å². The fraction of sp³-hybridized carbons (Fsp3) is 0.538. The number of rotatable bonds is 3. The lowest BCUT2D eigenvalue weighted by Gasteiger charge is -2.36. The van der Waals surface area contributed by atoms with Crippen LogP contribution in [0.1, 0.15) is 13.8 Å². The summed E-state index contributed by atoms with van der Waals surface area (Å²) in [7, 11) is -3.16. The van der Waals surface area contributed by atoms with Crippen LogP contribution in [-0.4, -0.2) is 44.2 Å². The fourth-order valence-corrected chi connectivity index (χ4v) is 3.74. The van der Waals surface area contributed by atoms with Crippen LogP contribution < -0.4 is 4.90 Å². The summed E-state index contributed by atoms with van der Waals surface area (Å²) in [4.78, 5) is 2.12. The van der Waals surface area contributed by atoms with E-state index in [0.717, 1.165) is 5.69 Å². The standard InChI is InChI=1S/C13H18Cl2N2O2S/c1-10(2)20(18,19)17-7-5-16(6-8-17)11-3-4-12(14)13(15)9-11/h3-4,9-10H,5-8H2,1-2H3. The van der Waals surface area contributed by atoms with Gasteiger partial charge < -0.3 is 4.90 Å². The molecule has 0 aromatic heterocycles. The molecule has 0 spiro atoms. The SMILES string of the molecule is CC(C)S(=O)(=O)N1CCN(c2ccc(Cl)c(Cl)c2)CC1. The average Bonchev–Trinajstić information content (AvgIpc) is 2.42. The number of sulfonamides is 1. The highest BCUT2D eigenvalue weighted by Crippen LogP contribution is 2.28. The zero-order chi connectivity index (χ0) is 14.9. The third kappa shape index (κ3) is 3.22. The summed E-state index contributed by atoms with van der Waals surface area (Å²) >= 11 is 11.9. The molecule has 4 nitrogen and oxygen atoms in total. The van der Waals surface area contributed by atoms with Crippen LogP contribution in [0.25, 0.3) is 0 Å². The van der Waals surface area contributed by atoms with Gasteiger partial charge in [-0.25, -0.2) is 8.42 Å². The minimum atomic E-state index is -3.16. The van der Waals surface area contributed by atoms with E-state index in [-0.39, 0.29) is 5.25 Å². The quantitative estimate of drug-likeness (QED) is 0.852. The molecular formula is C13H18Cl2N2O2S. The first-order valence-electron chi connectivity index (χ1n) is 6.51. The lowest BCUT2D eigenvalue weighted by molar-refractivity contribution is 0.381. The number of hydrogen-bond donors (Lipinski definition) is 0. The Labute approximate surface area is 130 Å². The Kier molecular flexibility index (Phi) is 4.84. The Hall–Kier alpha value is -0.490. The molecule has 0 unspecified atom stereocenters. The summed E-state index contributed by atoms with van der Waals surface area (Å²) in [5.41, 5.74) is 0.973. The zero-order valence-electron chi connectivity index (χ0n) is 11.5. The van der Waals surface area contributed by atoms with Gasteiger partial charge in [0.1, 0.15) is 0 Å². The molecule has 0 saturated carbocycles. The molecule has 1 saturated heterocycles. The third-order valence-electron chi connectivity index (χ3n) is 3.46. The number of anilines is 1. The molecule has 112 valence electrons. The highest BCUT2D eigenvalue weighted by atomic mass is 35.5. The highest BCUT2D eigenvalue weighted by molar-refractivity contribution is 7.89. The average molecular weight is 337 g/mol. The Morgan fingerprint density at radius 1 is 1.05 bits per heavy atom. The molecule has 20 heavy (non-hydrogen) atoms. The topological polar surface area (TPSA) is 40.6 Å². The molecule has 0 bridgehead atoms. The molecule has 1 aromatic carbocycles. The van der Waals surface area contributed by atoms with Crippen LogP contribution in [-0.2, 0) is 10.0 Å². The van der Waals surface area contributed by atoms with Crippen molar-refractivity contribution in [3.05, 3.63) is 28.2 Å². The molecule has 0 N–H and O–H groups in total. The second-order valence-corrected chi connectivity index (χ2v) is 8.38. The van der Waals surface area contributed by atoms with Crippen LogP contribution in [0.15, 0.2) is 18.2 Å². The molecule has 1 fully saturated rings. The third-order valence-corrected chi connectivity index (χ3v) is 6.48. The molecule has 0 radical (unpaired) electrons. The lowest BCUT2D eigenvalue weighted by atomic mass is 10.2. The molecule has 7 heteroatoms. The van der Waals surface area contributed by atoms with E-state index in [1.54, 1.807) is 24.2 Å². The van der Waals surface area contributed by atoms with Crippen molar-refractivity contribution in [3.63, 3.8) is 0 Å². The Bertz CT molecular complexity index is 582. The molecular weight excluding hydrogens is 319 g/mol. The maximum atomic E-state index is 12.1. The van der Waals surface area contributed by atoms with Crippen molar-refractivity contribution >= 4 is 38.9 Å². The van der Waals surface area contributed by atoms with Gasteiger partial charge in [0.05, 0.1) is 15.3 Å². The van der Waals surface area contributed by atoms with E-state index in [1.807, 2.05) is 12.1 Å². The summed E-state index contributed by atoms with van der Waals surface area (Å²) < 4.78 is 25.8. The van der Waals surface area contributed by atoms with E-state index in [9.17, 15) is 8.42 Å². The Balaban J connectivity index is 2.06. The minimum Gasteiger partial charge on any atom is -0.369 e. The smallest absolute Gasteiger partial charge is 0.216 e. The van der Waals surface area contributed by atoms with Crippen molar-refractivity contribution < 1.29 is 8.42 Å². The first-order chi connectivity index (χ1) is 9.32. The van der Waals surface area contributed by atoms with Crippen molar-refractivity contribution in [2.24, 2.45) is 0 Å². The van der Waals surface area contributed by atoms with Gasteiger partial charge in [-0.15, -0.1) is 0 Å².